The molecule has 2 N–H and O–H groups in total. The van der Waals surface area contributed by atoms with Gasteiger partial charge in [0.1, 0.15) is 11.3 Å². The molecule has 2 aromatic rings. The summed E-state index contributed by atoms with van der Waals surface area (Å²) in [6.07, 6.45) is 2.69. The number of nitrogens with zero attached hydrogens (tertiary/aromatic N) is 2. The SMILES string of the molecule is CCN1CCC(Nc2c[nH]c3cc(Cl)ncc3c2=O)C(F)C1. The summed E-state index contributed by atoms with van der Waals surface area (Å²) in [5, 5.41) is 3.80. The lowest BCUT2D eigenvalue weighted by Gasteiger charge is -2.34. The summed E-state index contributed by atoms with van der Waals surface area (Å²) in [4.78, 5) is 21.4. The molecule has 0 aromatic carbocycles. The van der Waals surface area contributed by atoms with E-state index in [2.05, 4.69) is 20.2 Å². The highest BCUT2D eigenvalue weighted by Crippen LogP contribution is 2.19. The number of alkyl halides is 1. The Morgan fingerprint density at radius 3 is 3.14 bits per heavy atom. The van der Waals surface area contributed by atoms with E-state index in [9.17, 15) is 9.18 Å². The molecule has 5 nitrogen and oxygen atoms in total. The molecule has 1 saturated heterocycles. The molecule has 0 bridgehead atoms. The van der Waals surface area contributed by atoms with Crippen LogP contribution in [0.15, 0.2) is 23.3 Å². The molecule has 0 amide bonds. The lowest BCUT2D eigenvalue weighted by molar-refractivity contribution is 0.131. The maximum atomic E-state index is 14.2. The van der Waals surface area contributed by atoms with Crippen LogP contribution in [0, 0.1) is 0 Å². The van der Waals surface area contributed by atoms with Crippen molar-refractivity contribution < 1.29 is 4.39 Å². The topological polar surface area (TPSA) is 61.0 Å². The Kier molecular flexibility index (Phi) is 4.31. The Morgan fingerprint density at radius 2 is 2.41 bits per heavy atom. The summed E-state index contributed by atoms with van der Waals surface area (Å²) < 4.78 is 14.2. The number of H-pyrrole nitrogens is 1. The molecule has 1 fully saturated rings. The highest BCUT2D eigenvalue weighted by atomic mass is 35.5. The maximum absolute atomic E-state index is 14.2. The van der Waals surface area contributed by atoms with Crippen molar-refractivity contribution in [2.75, 3.05) is 25.0 Å². The third-order valence-electron chi connectivity index (χ3n) is 4.15. The molecule has 2 unspecified atom stereocenters. The van der Waals surface area contributed by atoms with Crippen LogP contribution in [0.2, 0.25) is 5.15 Å². The van der Waals surface area contributed by atoms with Gasteiger partial charge >= 0.3 is 0 Å². The van der Waals surface area contributed by atoms with E-state index in [4.69, 9.17) is 11.6 Å². The van der Waals surface area contributed by atoms with Crippen molar-refractivity contribution >= 4 is 28.2 Å². The Bertz CT molecular complexity index is 735. The van der Waals surface area contributed by atoms with Crippen LogP contribution >= 0.6 is 11.6 Å². The van der Waals surface area contributed by atoms with Gasteiger partial charge in [-0.05, 0) is 19.0 Å². The zero-order chi connectivity index (χ0) is 15.7. The van der Waals surface area contributed by atoms with Crippen LogP contribution in [0.1, 0.15) is 13.3 Å². The summed E-state index contributed by atoms with van der Waals surface area (Å²) in [5.41, 5.74) is 0.797. The number of rotatable bonds is 3. The summed E-state index contributed by atoms with van der Waals surface area (Å²) >= 11 is 5.81. The van der Waals surface area contributed by atoms with Crippen molar-refractivity contribution in [3.8, 4) is 0 Å². The lowest BCUT2D eigenvalue weighted by Crippen LogP contribution is -2.48. The zero-order valence-electron chi connectivity index (χ0n) is 12.3. The second-order valence-electron chi connectivity index (χ2n) is 5.53. The molecular weight excluding hydrogens is 307 g/mol. The maximum Gasteiger partial charge on any atom is 0.213 e. The van der Waals surface area contributed by atoms with Crippen molar-refractivity contribution in [2.45, 2.75) is 25.6 Å². The average molecular weight is 325 g/mol. The van der Waals surface area contributed by atoms with Crippen molar-refractivity contribution in [2.24, 2.45) is 0 Å². The van der Waals surface area contributed by atoms with Gasteiger partial charge in [-0.2, -0.15) is 0 Å². The van der Waals surface area contributed by atoms with Gasteiger partial charge in [0, 0.05) is 25.5 Å². The van der Waals surface area contributed by atoms with Gasteiger partial charge in [0.15, 0.2) is 0 Å². The van der Waals surface area contributed by atoms with Gasteiger partial charge in [0.25, 0.3) is 0 Å². The zero-order valence-corrected chi connectivity index (χ0v) is 13.0. The normalized spacial score (nSPS) is 22.9. The fourth-order valence-electron chi connectivity index (χ4n) is 2.82. The number of nitrogens with one attached hydrogen (secondary N) is 2. The summed E-state index contributed by atoms with van der Waals surface area (Å²) in [6, 6.07) is 1.25. The predicted octanol–water partition coefficient (Wildman–Crippen LogP) is 2.42. The second-order valence-corrected chi connectivity index (χ2v) is 5.92. The van der Waals surface area contributed by atoms with Crippen molar-refractivity contribution in [1.82, 2.24) is 14.9 Å². The van der Waals surface area contributed by atoms with Gasteiger partial charge in [-0.1, -0.05) is 18.5 Å². The third-order valence-corrected chi connectivity index (χ3v) is 4.35. The highest BCUT2D eigenvalue weighted by molar-refractivity contribution is 6.29. The predicted molar refractivity (Wildman–Crippen MR) is 86.4 cm³/mol. The van der Waals surface area contributed by atoms with E-state index in [0.717, 1.165) is 13.1 Å². The number of likely N-dealkylation sites (tertiary alicyclic amines) is 1. The molecule has 1 aliphatic rings. The van der Waals surface area contributed by atoms with Crippen molar-refractivity contribution in [3.63, 3.8) is 0 Å². The Labute approximate surface area is 132 Å². The number of hydrogen-bond acceptors (Lipinski definition) is 4. The number of aromatic nitrogens is 2. The van der Waals surface area contributed by atoms with Gasteiger partial charge < -0.3 is 15.2 Å². The van der Waals surface area contributed by atoms with Gasteiger partial charge in [0.2, 0.25) is 5.43 Å². The highest BCUT2D eigenvalue weighted by Gasteiger charge is 2.28. The van der Waals surface area contributed by atoms with Crippen LogP contribution in [0.5, 0.6) is 0 Å². The second kappa shape index (κ2) is 6.22. The van der Waals surface area contributed by atoms with E-state index in [1.165, 1.54) is 6.20 Å². The fourth-order valence-corrected chi connectivity index (χ4v) is 2.97. The van der Waals surface area contributed by atoms with Gasteiger partial charge in [0.05, 0.1) is 22.6 Å². The number of aromatic amines is 1. The minimum atomic E-state index is -0.993. The number of halogens is 2. The molecule has 0 spiro atoms. The number of anilines is 1. The molecule has 7 heteroatoms. The van der Waals surface area contributed by atoms with Crippen LogP contribution in [0.3, 0.4) is 0 Å². The van der Waals surface area contributed by atoms with E-state index in [-0.39, 0.29) is 11.5 Å². The quantitative estimate of drug-likeness (QED) is 0.851. The monoisotopic (exact) mass is 324 g/mol. The van der Waals surface area contributed by atoms with Crippen molar-refractivity contribution in [1.29, 1.82) is 0 Å². The molecule has 2 aromatic heterocycles. The van der Waals surface area contributed by atoms with E-state index in [1.807, 2.05) is 6.92 Å². The van der Waals surface area contributed by atoms with Gasteiger partial charge in [-0.15, -0.1) is 0 Å². The van der Waals surface area contributed by atoms with E-state index < -0.39 is 6.17 Å². The largest absolute Gasteiger partial charge is 0.375 e. The molecule has 22 heavy (non-hydrogen) atoms. The lowest BCUT2D eigenvalue weighted by atomic mass is 10.0. The average Bonchev–Trinajstić information content (AvgIpc) is 2.51. The number of hydrogen-bond donors (Lipinski definition) is 2. The van der Waals surface area contributed by atoms with Crippen molar-refractivity contribution in [3.05, 3.63) is 33.8 Å². The van der Waals surface area contributed by atoms with Crippen LogP contribution < -0.4 is 10.7 Å². The Hall–Kier alpha value is -1.66. The van der Waals surface area contributed by atoms with Crippen LogP contribution in [0.25, 0.3) is 10.9 Å². The van der Waals surface area contributed by atoms with Gasteiger partial charge in [-0.25, -0.2) is 9.37 Å². The molecule has 118 valence electrons. The number of piperidine rings is 1. The van der Waals surface area contributed by atoms with E-state index >= 15 is 0 Å². The molecule has 0 aliphatic carbocycles. The summed E-state index contributed by atoms with van der Waals surface area (Å²) in [7, 11) is 0. The van der Waals surface area contributed by atoms with E-state index in [0.29, 0.717) is 34.7 Å². The van der Waals surface area contributed by atoms with E-state index in [1.54, 1.807) is 12.3 Å². The molecule has 0 radical (unpaired) electrons. The van der Waals surface area contributed by atoms with Crippen LogP contribution in [-0.4, -0.2) is 46.7 Å². The van der Waals surface area contributed by atoms with Crippen LogP contribution in [0.4, 0.5) is 10.1 Å². The molecule has 2 atom stereocenters. The molecular formula is C15H18ClFN4O. The first kappa shape index (κ1) is 15.2. The van der Waals surface area contributed by atoms with Gasteiger partial charge in [-0.3, -0.25) is 4.79 Å². The standard InChI is InChI=1S/C15H18ClFN4O/c1-2-21-4-3-11(10(17)8-21)20-13-7-18-12-5-14(16)19-6-9(12)15(13)22/h5-7,10-11,20H,2-4,8H2,1H3,(H,18,22). The molecule has 1 aliphatic heterocycles. The minimum absolute atomic E-state index is 0.192. The third kappa shape index (κ3) is 2.94. The first-order valence-corrected chi connectivity index (χ1v) is 7.76. The summed E-state index contributed by atoms with van der Waals surface area (Å²) in [6.45, 7) is 4.09. The number of pyridine rings is 2. The summed E-state index contributed by atoms with van der Waals surface area (Å²) in [5.74, 6) is 0. The molecule has 3 rings (SSSR count). The first-order valence-electron chi connectivity index (χ1n) is 7.38. The number of fused-ring (bicyclic) bond motifs is 1. The molecule has 0 saturated carbocycles. The Morgan fingerprint density at radius 1 is 1.59 bits per heavy atom. The van der Waals surface area contributed by atoms with Crippen LogP contribution in [-0.2, 0) is 0 Å². The smallest absolute Gasteiger partial charge is 0.213 e. The first-order chi connectivity index (χ1) is 10.6. The fraction of sp³-hybridized carbons (Fsp3) is 0.467. The Balaban J connectivity index is 1.84. The minimum Gasteiger partial charge on any atom is -0.375 e. The molecule has 3 heterocycles.